The lowest BCUT2D eigenvalue weighted by atomic mass is 10.0. The maximum atomic E-state index is 4.44. The largest absolute Gasteiger partial charge is 0.335 e. The zero-order valence-corrected chi connectivity index (χ0v) is 11.4. The molecule has 4 nitrogen and oxygen atoms in total. The zero-order chi connectivity index (χ0) is 12.6. The van der Waals surface area contributed by atoms with Crippen LogP contribution < -0.4 is 4.90 Å². The van der Waals surface area contributed by atoms with Crippen molar-refractivity contribution in [1.82, 2.24) is 14.9 Å². The number of aryl methyl sites for hydroxylation is 1. The van der Waals surface area contributed by atoms with E-state index in [0.29, 0.717) is 18.1 Å². The maximum Gasteiger partial charge on any atom is 0.225 e. The molecule has 1 aromatic rings. The van der Waals surface area contributed by atoms with Gasteiger partial charge in [-0.25, -0.2) is 9.97 Å². The van der Waals surface area contributed by atoms with E-state index in [1.54, 1.807) is 0 Å². The second kappa shape index (κ2) is 4.61. The molecule has 1 aromatic heterocycles. The molecule has 2 rings (SSSR count). The molecule has 0 amide bonds. The Bertz CT molecular complexity index is 376. The topological polar surface area (TPSA) is 32.3 Å². The highest BCUT2D eigenvalue weighted by Gasteiger charge is 2.33. The van der Waals surface area contributed by atoms with Crippen LogP contribution in [0.2, 0.25) is 0 Å². The molecule has 0 aromatic carbocycles. The monoisotopic (exact) mass is 234 g/mol. The number of hydrogen-bond donors (Lipinski definition) is 0. The lowest BCUT2D eigenvalue weighted by Crippen LogP contribution is -2.60. The van der Waals surface area contributed by atoms with E-state index in [1.807, 2.05) is 19.3 Å². The molecule has 2 heterocycles. The lowest BCUT2D eigenvalue weighted by molar-refractivity contribution is 0.138. The van der Waals surface area contributed by atoms with Gasteiger partial charge in [0.15, 0.2) is 0 Å². The molecule has 0 N–H and O–H groups in total. The molecule has 1 saturated heterocycles. The molecule has 94 valence electrons. The molecule has 0 radical (unpaired) electrons. The molecule has 0 spiro atoms. The summed E-state index contributed by atoms with van der Waals surface area (Å²) in [6, 6.07) is 1.49. The Morgan fingerprint density at radius 1 is 1.12 bits per heavy atom. The molecule has 0 aliphatic carbocycles. The quantitative estimate of drug-likeness (QED) is 0.740. The fourth-order valence-electron chi connectivity index (χ4n) is 2.38. The summed E-state index contributed by atoms with van der Waals surface area (Å²) in [4.78, 5) is 13.6. The Balaban J connectivity index is 2.23. The third-order valence-corrected chi connectivity index (χ3v) is 4.01. The van der Waals surface area contributed by atoms with E-state index in [2.05, 4.69) is 47.6 Å². The standard InChI is InChI=1S/C13H22N4/c1-9-6-14-13(15-7-9)17-8-10(2)16(5)11(3)12(17)4/h6-7,10-12H,8H2,1-5H3. The van der Waals surface area contributed by atoms with E-state index in [9.17, 15) is 0 Å². The van der Waals surface area contributed by atoms with Gasteiger partial charge in [-0.3, -0.25) is 4.90 Å². The number of piperazine rings is 1. The highest BCUT2D eigenvalue weighted by atomic mass is 15.4. The van der Waals surface area contributed by atoms with Gasteiger partial charge in [0.25, 0.3) is 0 Å². The van der Waals surface area contributed by atoms with Gasteiger partial charge in [-0.2, -0.15) is 0 Å². The summed E-state index contributed by atoms with van der Waals surface area (Å²) in [7, 11) is 2.19. The second-order valence-electron chi connectivity index (χ2n) is 5.21. The van der Waals surface area contributed by atoms with Crippen LogP contribution in [0.25, 0.3) is 0 Å². The minimum absolute atomic E-state index is 0.443. The first-order chi connectivity index (χ1) is 8.00. The molecule has 1 aliphatic rings. The fourth-order valence-corrected chi connectivity index (χ4v) is 2.38. The van der Waals surface area contributed by atoms with Crippen molar-refractivity contribution in [1.29, 1.82) is 0 Å². The van der Waals surface area contributed by atoms with E-state index >= 15 is 0 Å². The number of likely N-dealkylation sites (N-methyl/N-ethyl adjacent to an activating group) is 1. The van der Waals surface area contributed by atoms with Crippen LogP contribution in [0.5, 0.6) is 0 Å². The highest BCUT2D eigenvalue weighted by Crippen LogP contribution is 2.23. The van der Waals surface area contributed by atoms with Crippen LogP contribution in [0.3, 0.4) is 0 Å². The average Bonchev–Trinajstić information content (AvgIpc) is 2.32. The van der Waals surface area contributed by atoms with Gasteiger partial charge in [0.1, 0.15) is 0 Å². The third-order valence-electron chi connectivity index (χ3n) is 4.01. The summed E-state index contributed by atoms with van der Waals surface area (Å²) in [5, 5.41) is 0. The zero-order valence-electron chi connectivity index (χ0n) is 11.4. The van der Waals surface area contributed by atoms with Crippen LogP contribution in [-0.2, 0) is 0 Å². The van der Waals surface area contributed by atoms with Gasteiger partial charge in [-0.1, -0.05) is 0 Å². The lowest BCUT2D eigenvalue weighted by Gasteiger charge is -2.47. The summed E-state index contributed by atoms with van der Waals surface area (Å²) in [5.74, 6) is 0.856. The molecule has 1 fully saturated rings. The second-order valence-corrected chi connectivity index (χ2v) is 5.21. The molecule has 0 bridgehead atoms. The first-order valence-corrected chi connectivity index (χ1v) is 6.28. The van der Waals surface area contributed by atoms with E-state index in [4.69, 9.17) is 0 Å². The van der Waals surface area contributed by atoms with E-state index in [1.165, 1.54) is 0 Å². The molecule has 3 atom stereocenters. The predicted molar refractivity (Wildman–Crippen MR) is 70.3 cm³/mol. The van der Waals surface area contributed by atoms with Crippen molar-refractivity contribution in [2.75, 3.05) is 18.5 Å². The van der Waals surface area contributed by atoms with Gasteiger partial charge in [-0.05, 0) is 40.3 Å². The van der Waals surface area contributed by atoms with Crippen molar-refractivity contribution in [3.05, 3.63) is 18.0 Å². The van der Waals surface area contributed by atoms with Crippen molar-refractivity contribution >= 4 is 5.95 Å². The van der Waals surface area contributed by atoms with E-state index in [0.717, 1.165) is 18.1 Å². The molecule has 4 heteroatoms. The Kier molecular flexibility index (Phi) is 3.33. The van der Waals surface area contributed by atoms with Crippen molar-refractivity contribution in [3.63, 3.8) is 0 Å². The fraction of sp³-hybridized carbons (Fsp3) is 0.692. The van der Waals surface area contributed by atoms with E-state index in [-0.39, 0.29) is 0 Å². The molecule has 1 aliphatic heterocycles. The van der Waals surface area contributed by atoms with Crippen LogP contribution in [0, 0.1) is 6.92 Å². The van der Waals surface area contributed by atoms with Crippen LogP contribution in [-0.4, -0.2) is 46.6 Å². The number of rotatable bonds is 1. The highest BCUT2D eigenvalue weighted by molar-refractivity contribution is 5.33. The predicted octanol–water partition coefficient (Wildman–Crippen LogP) is 1.70. The van der Waals surface area contributed by atoms with Gasteiger partial charge in [0, 0.05) is 37.1 Å². The van der Waals surface area contributed by atoms with Gasteiger partial charge >= 0.3 is 0 Å². The van der Waals surface area contributed by atoms with Crippen molar-refractivity contribution in [3.8, 4) is 0 Å². The summed E-state index contributed by atoms with van der Waals surface area (Å²) in [5.41, 5.74) is 1.11. The van der Waals surface area contributed by atoms with Gasteiger partial charge < -0.3 is 4.90 Å². The molecule has 17 heavy (non-hydrogen) atoms. The van der Waals surface area contributed by atoms with Crippen molar-refractivity contribution in [2.45, 2.75) is 45.8 Å². The van der Waals surface area contributed by atoms with Crippen LogP contribution in [0.15, 0.2) is 12.4 Å². The number of hydrogen-bond acceptors (Lipinski definition) is 4. The Morgan fingerprint density at radius 3 is 2.29 bits per heavy atom. The summed E-state index contributed by atoms with van der Waals surface area (Å²) >= 11 is 0. The molecular formula is C13H22N4. The minimum atomic E-state index is 0.443. The first kappa shape index (κ1) is 12.3. The van der Waals surface area contributed by atoms with Crippen LogP contribution in [0.1, 0.15) is 26.3 Å². The Morgan fingerprint density at radius 2 is 1.71 bits per heavy atom. The van der Waals surface area contributed by atoms with Crippen LogP contribution in [0.4, 0.5) is 5.95 Å². The normalized spacial score (nSPS) is 30.6. The minimum Gasteiger partial charge on any atom is -0.335 e. The Hall–Kier alpha value is -1.16. The summed E-state index contributed by atoms with van der Waals surface area (Å²) in [6.07, 6.45) is 3.78. The first-order valence-electron chi connectivity index (χ1n) is 6.28. The van der Waals surface area contributed by atoms with E-state index < -0.39 is 0 Å². The molecule has 0 saturated carbocycles. The third kappa shape index (κ3) is 2.27. The summed E-state index contributed by atoms with van der Waals surface area (Å²) in [6.45, 7) is 9.77. The molecular weight excluding hydrogens is 212 g/mol. The maximum absolute atomic E-state index is 4.44. The number of aromatic nitrogens is 2. The Labute approximate surface area is 104 Å². The van der Waals surface area contributed by atoms with Crippen molar-refractivity contribution in [2.24, 2.45) is 0 Å². The number of nitrogens with zero attached hydrogens (tertiary/aromatic N) is 4. The SMILES string of the molecule is Cc1cnc(N2CC(C)N(C)C(C)C2C)nc1. The van der Waals surface area contributed by atoms with Gasteiger partial charge in [0.05, 0.1) is 0 Å². The van der Waals surface area contributed by atoms with Crippen molar-refractivity contribution < 1.29 is 0 Å². The van der Waals surface area contributed by atoms with Gasteiger partial charge in [0.2, 0.25) is 5.95 Å². The van der Waals surface area contributed by atoms with Gasteiger partial charge in [-0.15, -0.1) is 0 Å². The van der Waals surface area contributed by atoms with Crippen LogP contribution >= 0.6 is 0 Å². The summed E-state index contributed by atoms with van der Waals surface area (Å²) < 4.78 is 0. The number of anilines is 1. The smallest absolute Gasteiger partial charge is 0.225 e. The molecule has 3 unspecified atom stereocenters. The average molecular weight is 234 g/mol.